The molecule has 0 radical (unpaired) electrons. The van der Waals surface area contributed by atoms with E-state index in [2.05, 4.69) is 20.8 Å². The van der Waals surface area contributed by atoms with Crippen LogP contribution < -0.4 is 16.4 Å². The topological polar surface area (TPSA) is 123 Å². The molecule has 4 N–H and O–H groups in total. The van der Waals surface area contributed by atoms with Crippen LogP contribution in [0.2, 0.25) is 5.02 Å². The molecule has 0 fully saturated rings. The molecular formula is C17H16ClN5O3S. The van der Waals surface area contributed by atoms with Crippen molar-refractivity contribution in [1.29, 1.82) is 0 Å². The van der Waals surface area contributed by atoms with Gasteiger partial charge in [0.25, 0.3) is 0 Å². The summed E-state index contributed by atoms with van der Waals surface area (Å²) in [5.41, 5.74) is 5.94. The molecule has 0 spiro atoms. The lowest BCUT2D eigenvalue weighted by atomic mass is 10.1. The van der Waals surface area contributed by atoms with Crippen LogP contribution in [0.4, 0.5) is 4.79 Å². The van der Waals surface area contributed by atoms with Gasteiger partial charge in [0.2, 0.25) is 17.6 Å². The van der Waals surface area contributed by atoms with E-state index in [1.165, 1.54) is 11.3 Å². The lowest BCUT2D eigenvalue weighted by molar-refractivity contribution is -0.121. The number of nitrogens with one attached hydrogen (secondary N) is 2. The monoisotopic (exact) mass is 405 g/mol. The molecule has 3 amide bonds. The first kappa shape index (κ1) is 18.9. The summed E-state index contributed by atoms with van der Waals surface area (Å²) in [6.07, 6.45) is 0.0433. The summed E-state index contributed by atoms with van der Waals surface area (Å²) in [6.45, 7) is 0.0765. The Labute approximate surface area is 163 Å². The Kier molecular flexibility index (Phi) is 6.05. The summed E-state index contributed by atoms with van der Waals surface area (Å²) in [5.74, 6) is 0.389. The summed E-state index contributed by atoms with van der Waals surface area (Å²) < 4.78 is 5.14. The maximum absolute atomic E-state index is 12.2. The number of rotatable bonds is 7. The van der Waals surface area contributed by atoms with E-state index in [9.17, 15) is 9.59 Å². The molecule has 0 aliphatic rings. The molecule has 27 heavy (non-hydrogen) atoms. The summed E-state index contributed by atoms with van der Waals surface area (Å²) in [6, 6.07) is 9.49. The zero-order valence-electron chi connectivity index (χ0n) is 14.0. The number of benzene rings is 1. The van der Waals surface area contributed by atoms with Gasteiger partial charge < -0.3 is 20.9 Å². The van der Waals surface area contributed by atoms with Crippen molar-refractivity contribution < 1.29 is 14.1 Å². The molecule has 1 atom stereocenters. The number of halogens is 1. The fraction of sp³-hybridized carbons (Fsp3) is 0.176. The van der Waals surface area contributed by atoms with E-state index < -0.39 is 12.1 Å². The molecule has 0 saturated carbocycles. The van der Waals surface area contributed by atoms with Crippen molar-refractivity contribution in [3.8, 4) is 11.4 Å². The summed E-state index contributed by atoms with van der Waals surface area (Å²) in [5, 5.41) is 11.6. The molecule has 8 nitrogen and oxygen atoms in total. The summed E-state index contributed by atoms with van der Waals surface area (Å²) >= 11 is 7.28. The van der Waals surface area contributed by atoms with E-state index in [0.717, 1.165) is 10.4 Å². The predicted octanol–water partition coefficient (Wildman–Crippen LogP) is 2.87. The third-order valence-electron chi connectivity index (χ3n) is 3.60. The molecular weight excluding hydrogens is 390 g/mol. The highest BCUT2D eigenvalue weighted by molar-refractivity contribution is 7.10. The standard InChI is InChI=1S/C17H16ClN5O3S/c18-11-5-3-10(4-6-11)16-22-15(26-23-16)9-20-14(24)8-12(21-17(19)25)13-2-1-7-27-13/h1-7,12H,8-9H2,(H,20,24)(H3,19,21,25). The van der Waals surface area contributed by atoms with E-state index in [4.69, 9.17) is 21.9 Å². The first-order chi connectivity index (χ1) is 13.0. The van der Waals surface area contributed by atoms with Gasteiger partial charge in [-0.1, -0.05) is 22.8 Å². The van der Waals surface area contributed by atoms with Gasteiger partial charge in [0.15, 0.2) is 0 Å². The van der Waals surface area contributed by atoms with Crippen LogP contribution in [0.5, 0.6) is 0 Å². The predicted molar refractivity (Wildman–Crippen MR) is 101 cm³/mol. The summed E-state index contributed by atoms with van der Waals surface area (Å²) in [4.78, 5) is 28.5. The number of amides is 3. The van der Waals surface area contributed by atoms with Crippen molar-refractivity contribution in [2.75, 3.05) is 0 Å². The minimum Gasteiger partial charge on any atom is -0.352 e. The van der Waals surface area contributed by atoms with Gasteiger partial charge in [0, 0.05) is 15.5 Å². The van der Waals surface area contributed by atoms with Crippen molar-refractivity contribution in [3.05, 3.63) is 57.6 Å². The SMILES string of the molecule is NC(=O)NC(CC(=O)NCc1nc(-c2ccc(Cl)cc2)no1)c1cccs1. The minimum absolute atomic E-state index is 0.0433. The Bertz CT molecular complexity index is 911. The highest BCUT2D eigenvalue weighted by atomic mass is 35.5. The van der Waals surface area contributed by atoms with Gasteiger partial charge in [-0.05, 0) is 35.7 Å². The molecule has 0 bridgehead atoms. The van der Waals surface area contributed by atoms with Crippen LogP contribution in [-0.2, 0) is 11.3 Å². The van der Waals surface area contributed by atoms with Crippen LogP contribution >= 0.6 is 22.9 Å². The summed E-state index contributed by atoms with van der Waals surface area (Å²) in [7, 11) is 0. The lowest BCUT2D eigenvalue weighted by Gasteiger charge is -2.15. The average molecular weight is 406 g/mol. The number of urea groups is 1. The van der Waals surface area contributed by atoms with E-state index in [1.807, 2.05) is 17.5 Å². The number of carbonyl (C=O) groups is 2. The van der Waals surface area contributed by atoms with E-state index in [0.29, 0.717) is 10.8 Å². The number of carbonyl (C=O) groups excluding carboxylic acids is 2. The number of thiophene rings is 1. The molecule has 3 aromatic rings. The van der Waals surface area contributed by atoms with Gasteiger partial charge in [-0.15, -0.1) is 11.3 Å². The number of aromatic nitrogens is 2. The van der Waals surface area contributed by atoms with Gasteiger partial charge in [-0.3, -0.25) is 4.79 Å². The molecule has 0 aliphatic heterocycles. The fourth-order valence-electron chi connectivity index (χ4n) is 2.36. The molecule has 0 saturated heterocycles. The first-order valence-electron chi connectivity index (χ1n) is 7.96. The van der Waals surface area contributed by atoms with Crippen molar-refractivity contribution in [1.82, 2.24) is 20.8 Å². The molecule has 3 rings (SSSR count). The Hall–Kier alpha value is -2.91. The fourth-order valence-corrected chi connectivity index (χ4v) is 3.26. The van der Waals surface area contributed by atoms with Crippen LogP contribution in [0.1, 0.15) is 23.2 Å². The van der Waals surface area contributed by atoms with Gasteiger partial charge in [0.1, 0.15) is 0 Å². The Morgan fingerprint density at radius 1 is 1.26 bits per heavy atom. The van der Waals surface area contributed by atoms with E-state index in [-0.39, 0.29) is 24.8 Å². The largest absolute Gasteiger partial charge is 0.352 e. The number of hydrogen-bond acceptors (Lipinski definition) is 6. The molecule has 0 aliphatic carbocycles. The number of nitrogens with zero attached hydrogens (tertiary/aromatic N) is 2. The molecule has 2 heterocycles. The van der Waals surface area contributed by atoms with Crippen molar-refractivity contribution in [2.24, 2.45) is 5.73 Å². The van der Waals surface area contributed by atoms with Gasteiger partial charge in [-0.25, -0.2) is 4.79 Å². The maximum Gasteiger partial charge on any atom is 0.312 e. The van der Waals surface area contributed by atoms with Crippen LogP contribution in [-0.4, -0.2) is 22.1 Å². The minimum atomic E-state index is -0.689. The zero-order chi connectivity index (χ0) is 19.2. The number of hydrogen-bond donors (Lipinski definition) is 3. The molecule has 2 aromatic heterocycles. The maximum atomic E-state index is 12.2. The van der Waals surface area contributed by atoms with Gasteiger partial charge >= 0.3 is 6.03 Å². The first-order valence-corrected chi connectivity index (χ1v) is 9.21. The highest BCUT2D eigenvalue weighted by Crippen LogP contribution is 2.22. The zero-order valence-corrected chi connectivity index (χ0v) is 15.6. The van der Waals surface area contributed by atoms with E-state index >= 15 is 0 Å². The molecule has 1 unspecified atom stereocenters. The van der Waals surface area contributed by atoms with Gasteiger partial charge in [0.05, 0.1) is 19.0 Å². The molecule has 140 valence electrons. The molecule has 10 heteroatoms. The van der Waals surface area contributed by atoms with E-state index in [1.54, 1.807) is 24.3 Å². The second-order valence-electron chi connectivity index (χ2n) is 5.58. The van der Waals surface area contributed by atoms with Crippen molar-refractivity contribution in [3.63, 3.8) is 0 Å². The van der Waals surface area contributed by atoms with Crippen LogP contribution in [0.15, 0.2) is 46.3 Å². The van der Waals surface area contributed by atoms with Crippen molar-refractivity contribution in [2.45, 2.75) is 19.0 Å². The lowest BCUT2D eigenvalue weighted by Crippen LogP contribution is -2.36. The van der Waals surface area contributed by atoms with Gasteiger partial charge in [-0.2, -0.15) is 4.98 Å². The third-order valence-corrected chi connectivity index (χ3v) is 4.84. The Morgan fingerprint density at radius 2 is 2.04 bits per heavy atom. The molecule has 1 aromatic carbocycles. The Morgan fingerprint density at radius 3 is 2.70 bits per heavy atom. The Balaban J connectivity index is 1.57. The number of nitrogens with two attached hydrogens (primary N) is 1. The quantitative estimate of drug-likeness (QED) is 0.557. The third kappa shape index (κ3) is 5.28. The smallest absolute Gasteiger partial charge is 0.312 e. The number of primary amides is 1. The van der Waals surface area contributed by atoms with Crippen LogP contribution in [0.25, 0.3) is 11.4 Å². The normalized spacial score (nSPS) is 11.7. The second-order valence-corrected chi connectivity index (χ2v) is 6.99. The average Bonchev–Trinajstić information content (AvgIpc) is 3.32. The second kappa shape index (κ2) is 8.65. The van der Waals surface area contributed by atoms with Crippen LogP contribution in [0, 0.1) is 0 Å². The highest BCUT2D eigenvalue weighted by Gasteiger charge is 2.19. The van der Waals surface area contributed by atoms with Crippen LogP contribution in [0.3, 0.4) is 0 Å². The van der Waals surface area contributed by atoms with Crippen molar-refractivity contribution >= 4 is 34.9 Å².